The lowest BCUT2D eigenvalue weighted by Gasteiger charge is -2.12. The van der Waals surface area contributed by atoms with Gasteiger partial charge in [-0.3, -0.25) is 4.68 Å². The molecule has 0 amide bonds. The molecule has 0 spiro atoms. The Labute approximate surface area is 223 Å². The van der Waals surface area contributed by atoms with Crippen molar-refractivity contribution >= 4 is 10.9 Å². The lowest BCUT2D eigenvalue weighted by atomic mass is 10.0. The molecule has 6 rings (SSSR count). The van der Waals surface area contributed by atoms with Gasteiger partial charge in [0.2, 0.25) is 0 Å². The number of benzene rings is 4. The molecule has 8 heteroatoms. The summed E-state index contributed by atoms with van der Waals surface area (Å²) in [5.74, 6) is 1.20. The van der Waals surface area contributed by atoms with Gasteiger partial charge in [0.15, 0.2) is 6.29 Å². The molecule has 0 saturated carbocycles. The number of hydrogen-bond donors (Lipinski definition) is 0. The van der Waals surface area contributed by atoms with Crippen molar-refractivity contribution < 1.29 is 27.4 Å². The number of fused-ring (bicyclic) bond motifs is 1. The molecule has 1 saturated heterocycles. The van der Waals surface area contributed by atoms with Gasteiger partial charge in [0.25, 0.3) is 0 Å². The number of nitrogens with zero attached hydrogens (tertiary/aromatic N) is 2. The molecule has 0 atom stereocenters. The monoisotopic (exact) mass is 530 g/mol. The molecule has 39 heavy (non-hydrogen) atoms. The van der Waals surface area contributed by atoms with Crippen LogP contribution in [0.15, 0.2) is 97.1 Å². The molecule has 1 aliphatic rings. The molecule has 0 bridgehead atoms. The molecule has 1 aliphatic heterocycles. The second kappa shape index (κ2) is 10.6. The van der Waals surface area contributed by atoms with E-state index in [2.05, 4.69) is 5.10 Å². The smallest absolute Gasteiger partial charge is 0.418 e. The van der Waals surface area contributed by atoms with Crippen LogP contribution >= 0.6 is 0 Å². The van der Waals surface area contributed by atoms with E-state index in [0.29, 0.717) is 54.3 Å². The fourth-order valence-corrected chi connectivity index (χ4v) is 4.85. The van der Waals surface area contributed by atoms with E-state index < -0.39 is 11.7 Å². The molecule has 2 heterocycles. The molecule has 1 fully saturated rings. The van der Waals surface area contributed by atoms with Crippen molar-refractivity contribution in [1.29, 1.82) is 0 Å². The summed E-state index contributed by atoms with van der Waals surface area (Å²) in [6, 6.07) is 28.7. The summed E-state index contributed by atoms with van der Waals surface area (Å²) in [5, 5.41) is 4.88. The highest BCUT2D eigenvalue weighted by Gasteiger charge is 2.34. The van der Waals surface area contributed by atoms with E-state index in [4.69, 9.17) is 14.2 Å². The fraction of sp³-hybridized carbons (Fsp3) is 0.194. The van der Waals surface area contributed by atoms with Crippen molar-refractivity contribution in [3.8, 4) is 22.8 Å². The Morgan fingerprint density at radius 2 is 1.49 bits per heavy atom. The van der Waals surface area contributed by atoms with Gasteiger partial charge in [-0.15, -0.1) is 0 Å². The van der Waals surface area contributed by atoms with E-state index in [0.717, 1.165) is 17.2 Å². The molecule has 5 aromatic rings. The molecule has 4 aromatic carbocycles. The summed E-state index contributed by atoms with van der Waals surface area (Å²) >= 11 is 0. The maximum atomic E-state index is 13.9. The predicted molar refractivity (Wildman–Crippen MR) is 142 cm³/mol. The lowest BCUT2D eigenvalue weighted by molar-refractivity contribution is -0.136. The number of alkyl halides is 3. The van der Waals surface area contributed by atoms with Gasteiger partial charge in [-0.25, -0.2) is 0 Å². The highest BCUT2D eigenvalue weighted by Crippen LogP contribution is 2.39. The van der Waals surface area contributed by atoms with Gasteiger partial charge in [-0.05, 0) is 41.5 Å². The summed E-state index contributed by atoms with van der Waals surface area (Å²) < 4.78 is 60.5. The maximum Gasteiger partial charge on any atom is 0.418 e. The Morgan fingerprint density at radius 3 is 2.26 bits per heavy atom. The maximum absolute atomic E-state index is 13.9. The van der Waals surface area contributed by atoms with Gasteiger partial charge in [0.1, 0.15) is 17.0 Å². The average Bonchev–Trinajstić information content (AvgIpc) is 3.56. The van der Waals surface area contributed by atoms with Crippen LogP contribution in [0.2, 0.25) is 0 Å². The van der Waals surface area contributed by atoms with Gasteiger partial charge in [-0.2, -0.15) is 18.3 Å². The molecular formula is C31H25F3N2O3. The molecule has 0 radical (unpaired) electrons. The van der Waals surface area contributed by atoms with Gasteiger partial charge in [0.05, 0.1) is 31.0 Å². The summed E-state index contributed by atoms with van der Waals surface area (Å²) in [7, 11) is 0. The molecule has 0 unspecified atom stereocenters. The third kappa shape index (κ3) is 5.53. The third-order valence-corrected chi connectivity index (χ3v) is 6.59. The molecule has 0 aliphatic carbocycles. The average molecular weight is 531 g/mol. The van der Waals surface area contributed by atoms with Gasteiger partial charge < -0.3 is 14.2 Å². The van der Waals surface area contributed by atoms with Crippen LogP contribution in [0.4, 0.5) is 13.2 Å². The van der Waals surface area contributed by atoms with Crippen LogP contribution in [0.3, 0.4) is 0 Å². The van der Waals surface area contributed by atoms with E-state index in [1.165, 1.54) is 6.07 Å². The van der Waals surface area contributed by atoms with Gasteiger partial charge in [-0.1, -0.05) is 66.7 Å². The zero-order valence-corrected chi connectivity index (χ0v) is 20.9. The molecule has 5 nitrogen and oxygen atoms in total. The first kappa shape index (κ1) is 25.2. The molecule has 198 valence electrons. The van der Waals surface area contributed by atoms with Crippen LogP contribution in [-0.4, -0.2) is 29.3 Å². The van der Waals surface area contributed by atoms with E-state index in [9.17, 15) is 13.2 Å². The van der Waals surface area contributed by atoms with Crippen LogP contribution in [-0.2, 0) is 28.6 Å². The third-order valence-electron chi connectivity index (χ3n) is 6.59. The van der Waals surface area contributed by atoms with Crippen LogP contribution in [0.5, 0.6) is 11.5 Å². The number of ether oxygens (including phenoxy) is 3. The first-order valence-electron chi connectivity index (χ1n) is 12.7. The minimum atomic E-state index is -4.52. The molecular weight excluding hydrogens is 505 g/mol. The largest absolute Gasteiger partial charge is 0.457 e. The van der Waals surface area contributed by atoms with Crippen LogP contribution in [0.25, 0.3) is 22.2 Å². The first-order valence-corrected chi connectivity index (χ1v) is 12.7. The van der Waals surface area contributed by atoms with Crippen molar-refractivity contribution in [1.82, 2.24) is 9.78 Å². The Balaban J connectivity index is 1.37. The zero-order chi connectivity index (χ0) is 26.8. The van der Waals surface area contributed by atoms with E-state index >= 15 is 0 Å². The number of halogens is 3. The van der Waals surface area contributed by atoms with Crippen molar-refractivity contribution in [3.63, 3.8) is 0 Å². The SMILES string of the molecule is FC(F)(F)c1cccc2c(-c3cccc(Oc4cccc(CC5OCCO5)c4)c3)n(Cc3ccccc3)nc12. The molecule has 0 N–H and O–H groups in total. The molecule has 1 aromatic heterocycles. The van der Waals surface area contributed by atoms with Gasteiger partial charge in [0, 0.05) is 17.4 Å². The summed E-state index contributed by atoms with van der Waals surface area (Å²) in [5.41, 5.74) is 2.41. The Kier molecular flexibility index (Phi) is 6.81. The van der Waals surface area contributed by atoms with E-state index in [1.807, 2.05) is 78.9 Å². The van der Waals surface area contributed by atoms with Crippen molar-refractivity contribution in [2.75, 3.05) is 13.2 Å². The van der Waals surface area contributed by atoms with Crippen molar-refractivity contribution in [2.45, 2.75) is 25.4 Å². The minimum absolute atomic E-state index is 0.0775. The highest BCUT2D eigenvalue weighted by atomic mass is 19.4. The lowest BCUT2D eigenvalue weighted by Crippen LogP contribution is -2.11. The Morgan fingerprint density at radius 1 is 0.795 bits per heavy atom. The van der Waals surface area contributed by atoms with E-state index in [-0.39, 0.29) is 11.8 Å². The van der Waals surface area contributed by atoms with Crippen molar-refractivity contribution in [2.24, 2.45) is 0 Å². The number of hydrogen-bond acceptors (Lipinski definition) is 4. The van der Waals surface area contributed by atoms with Crippen LogP contribution in [0.1, 0.15) is 16.7 Å². The number of rotatable bonds is 7. The highest BCUT2D eigenvalue weighted by molar-refractivity contribution is 5.95. The second-order valence-corrected chi connectivity index (χ2v) is 9.34. The normalized spacial score (nSPS) is 14.2. The summed E-state index contributed by atoms with van der Waals surface area (Å²) in [4.78, 5) is 0. The van der Waals surface area contributed by atoms with Crippen LogP contribution < -0.4 is 4.74 Å². The summed E-state index contributed by atoms with van der Waals surface area (Å²) in [6.45, 7) is 1.50. The Hall–Kier alpha value is -4.14. The quantitative estimate of drug-likeness (QED) is 0.219. The minimum Gasteiger partial charge on any atom is -0.457 e. The second-order valence-electron chi connectivity index (χ2n) is 9.34. The van der Waals surface area contributed by atoms with Crippen molar-refractivity contribution in [3.05, 3.63) is 114 Å². The predicted octanol–water partition coefficient (Wildman–Crippen LogP) is 7.48. The number of aromatic nitrogens is 2. The zero-order valence-electron chi connectivity index (χ0n) is 20.9. The van der Waals surface area contributed by atoms with Crippen LogP contribution in [0, 0.1) is 0 Å². The fourth-order valence-electron chi connectivity index (χ4n) is 4.85. The first-order chi connectivity index (χ1) is 18.9. The Bertz CT molecular complexity index is 1590. The summed E-state index contributed by atoms with van der Waals surface area (Å²) in [6.07, 6.45) is -4.17. The van der Waals surface area contributed by atoms with E-state index in [1.54, 1.807) is 10.7 Å². The standard InChI is InChI=1S/C31H25F3N2O3/c32-31(33,34)27-14-6-13-26-29(27)35-36(20-21-7-2-1-3-8-21)30(26)23-10-5-12-25(19-23)39-24-11-4-9-22(17-24)18-28-37-15-16-38-28/h1-14,17,19,28H,15-16,18,20H2. The topological polar surface area (TPSA) is 45.5 Å². The van der Waals surface area contributed by atoms with Gasteiger partial charge >= 0.3 is 6.18 Å².